The Morgan fingerprint density at radius 1 is 1.19 bits per heavy atom. The maximum atomic E-state index is 13.3. The molecule has 1 atom stereocenters. The number of furan rings is 1. The lowest BCUT2D eigenvalue weighted by Crippen LogP contribution is -2.17. The number of nitrogens with one attached hydrogen (secondary N) is 1. The minimum atomic E-state index is -0.421. The van der Waals surface area contributed by atoms with E-state index in [0.717, 1.165) is 27.9 Å². The molecule has 0 aliphatic carbocycles. The third-order valence-electron chi connectivity index (χ3n) is 3.61. The molecule has 1 unspecified atom stereocenters. The molecule has 0 spiro atoms. The number of hydrogen-bond acceptors (Lipinski definition) is 2. The molecular weight excluding hydrogens is 289 g/mol. The summed E-state index contributed by atoms with van der Waals surface area (Å²) in [7, 11) is 1.84. The Morgan fingerprint density at radius 3 is 2.67 bits per heavy atom. The molecule has 2 nitrogen and oxygen atoms in total. The Labute approximate surface area is 127 Å². The van der Waals surface area contributed by atoms with Crippen molar-refractivity contribution in [2.24, 2.45) is 0 Å². The highest BCUT2D eigenvalue weighted by Gasteiger charge is 2.18. The van der Waals surface area contributed by atoms with E-state index in [-0.39, 0.29) is 11.1 Å². The van der Waals surface area contributed by atoms with Gasteiger partial charge in [-0.1, -0.05) is 35.9 Å². The van der Waals surface area contributed by atoms with E-state index in [4.69, 9.17) is 16.0 Å². The molecule has 0 aliphatic rings. The lowest BCUT2D eigenvalue weighted by molar-refractivity contribution is 0.490. The van der Waals surface area contributed by atoms with Gasteiger partial charge in [0.1, 0.15) is 17.2 Å². The Bertz CT molecular complexity index is 797. The number of benzene rings is 2. The van der Waals surface area contributed by atoms with Gasteiger partial charge in [-0.15, -0.1) is 0 Å². The van der Waals surface area contributed by atoms with Gasteiger partial charge in [0.25, 0.3) is 0 Å². The Morgan fingerprint density at radius 2 is 2.00 bits per heavy atom. The van der Waals surface area contributed by atoms with Gasteiger partial charge in [-0.25, -0.2) is 4.39 Å². The first-order valence-electron chi connectivity index (χ1n) is 6.71. The molecule has 21 heavy (non-hydrogen) atoms. The average molecular weight is 304 g/mol. The quantitative estimate of drug-likeness (QED) is 0.749. The van der Waals surface area contributed by atoms with Crippen LogP contribution in [0, 0.1) is 12.7 Å². The number of fused-ring (bicyclic) bond motifs is 1. The van der Waals surface area contributed by atoms with Crippen LogP contribution >= 0.6 is 11.6 Å². The van der Waals surface area contributed by atoms with E-state index >= 15 is 0 Å². The van der Waals surface area contributed by atoms with Crippen LogP contribution in [0.3, 0.4) is 0 Å². The normalized spacial score (nSPS) is 12.8. The van der Waals surface area contributed by atoms with Crippen LogP contribution in [0.25, 0.3) is 11.0 Å². The first kappa shape index (κ1) is 14.1. The summed E-state index contributed by atoms with van der Waals surface area (Å²) in [5.74, 6) is 0.361. The van der Waals surface area contributed by atoms with Crippen LogP contribution < -0.4 is 5.32 Å². The van der Waals surface area contributed by atoms with Crippen molar-refractivity contribution < 1.29 is 8.81 Å². The van der Waals surface area contributed by atoms with E-state index in [9.17, 15) is 4.39 Å². The summed E-state index contributed by atoms with van der Waals surface area (Å²) in [6, 6.07) is 12.6. The van der Waals surface area contributed by atoms with Crippen molar-refractivity contribution in [2.75, 3.05) is 7.05 Å². The van der Waals surface area contributed by atoms with Crippen LogP contribution in [-0.4, -0.2) is 7.05 Å². The fourth-order valence-corrected chi connectivity index (χ4v) is 2.73. The summed E-state index contributed by atoms with van der Waals surface area (Å²) in [5, 5.41) is 4.35. The fraction of sp³-hybridized carbons (Fsp3) is 0.176. The minimum Gasteiger partial charge on any atom is -0.459 e. The summed E-state index contributed by atoms with van der Waals surface area (Å²) in [4.78, 5) is 0. The van der Waals surface area contributed by atoms with Crippen LogP contribution in [0.4, 0.5) is 4.39 Å². The van der Waals surface area contributed by atoms with Crippen LogP contribution in [-0.2, 0) is 0 Å². The molecule has 108 valence electrons. The first-order valence-corrected chi connectivity index (χ1v) is 7.09. The predicted molar refractivity (Wildman–Crippen MR) is 83.3 cm³/mol. The Kier molecular flexibility index (Phi) is 3.70. The molecule has 0 bridgehead atoms. The first-order chi connectivity index (χ1) is 10.1. The molecule has 1 heterocycles. The molecule has 0 saturated carbocycles. The van der Waals surface area contributed by atoms with E-state index in [1.165, 1.54) is 6.07 Å². The van der Waals surface area contributed by atoms with Gasteiger partial charge in [-0.2, -0.15) is 0 Å². The summed E-state index contributed by atoms with van der Waals surface area (Å²) >= 11 is 5.87. The van der Waals surface area contributed by atoms with Gasteiger partial charge in [0.2, 0.25) is 0 Å². The third kappa shape index (κ3) is 2.55. The van der Waals surface area contributed by atoms with Gasteiger partial charge in [0.15, 0.2) is 0 Å². The van der Waals surface area contributed by atoms with Crippen molar-refractivity contribution in [3.05, 3.63) is 70.2 Å². The van der Waals surface area contributed by atoms with Crippen molar-refractivity contribution in [1.82, 2.24) is 5.32 Å². The molecular formula is C17H15ClFNO. The summed E-state index contributed by atoms with van der Waals surface area (Å²) in [5.41, 5.74) is 2.83. The van der Waals surface area contributed by atoms with Crippen molar-refractivity contribution in [2.45, 2.75) is 13.0 Å². The van der Waals surface area contributed by atoms with Crippen molar-refractivity contribution in [3.8, 4) is 0 Å². The second kappa shape index (κ2) is 5.51. The minimum absolute atomic E-state index is 0.111. The number of aryl methyl sites for hydroxylation is 1. The van der Waals surface area contributed by atoms with Crippen LogP contribution in [0.2, 0.25) is 5.02 Å². The molecule has 3 aromatic rings. The number of halogens is 2. The van der Waals surface area contributed by atoms with Crippen molar-refractivity contribution in [3.63, 3.8) is 0 Å². The second-order valence-electron chi connectivity index (χ2n) is 5.04. The maximum absolute atomic E-state index is 13.3. The molecule has 0 saturated heterocycles. The average Bonchev–Trinajstić information content (AvgIpc) is 2.89. The molecule has 4 heteroatoms. The van der Waals surface area contributed by atoms with E-state index < -0.39 is 5.82 Å². The molecule has 1 aromatic heterocycles. The van der Waals surface area contributed by atoms with Gasteiger partial charge in [0, 0.05) is 5.39 Å². The number of para-hydroxylation sites is 1. The molecule has 3 rings (SSSR count). The highest BCUT2D eigenvalue weighted by Crippen LogP contribution is 2.31. The molecule has 1 N–H and O–H groups in total. The van der Waals surface area contributed by atoms with Gasteiger partial charge in [-0.3, -0.25) is 0 Å². The fourth-order valence-electron chi connectivity index (χ4n) is 2.54. The lowest BCUT2D eigenvalue weighted by atomic mass is 10.0. The zero-order valence-electron chi connectivity index (χ0n) is 11.8. The van der Waals surface area contributed by atoms with Gasteiger partial charge < -0.3 is 9.73 Å². The van der Waals surface area contributed by atoms with E-state index in [1.807, 2.05) is 38.2 Å². The van der Waals surface area contributed by atoms with Gasteiger partial charge in [-0.05, 0) is 43.3 Å². The van der Waals surface area contributed by atoms with E-state index in [0.29, 0.717) is 0 Å². The highest BCUT2D eigenvalue weighted by atomic mass is 35.5. The van der Waals surface area contributed by atoms with E-state index in [1.54, 1.807) is 12.1 Å². The summed E-state index contributed by atoms with van der Waals surface area (Å²) in [6.45, 7) is 2.01. The Hall–Kier alpha value is -1.84. The molecule has 0 fully saturated rings. The second-order valence-corrected chi connectivity index (χ2v) is 5.44. The van der Waals surface area contributed by atoms with Crippen LogP contribution in [0.5, 0.6) is 0 Å². The zero-order valence-corrected chi connectivity index (χ0v) is 12.5. The molecule has 0 amide bonds. The standard InChI is InChI=1S/C17H15ClFNO/c1-10-4-3-5-12-9-15(21-17(10)12)16(20-2)11-6-7-14(19)13(18)8-11/h3-9,16,20H,1-2H3. The Balaban J connectivity index is 2.09. The molecule has 0 radical (unpaired) electrons. The highest BCUT2D eigenvalue weighted by molar-refractivity contribution is 6.30. The SMILES string of the molecule is CNC(c1ccc(F)c(Cl)c1)c1cc2cccc(C)c2o1. The van der Waals surface area contributed by atoms with Gasteiger partial charge >= 0.3 is 0 Å². The molecule has 0 aliphatic heterocycles. The smallest absolute Gasteiger partial charge is 0.141 e. The summed E-state index contributed by atoms with van der Waals surface area (Å²) in [6.07, 6.45) is 0. The molecule has 2 aromatic carbocycles. The van der Waals surface area contributed by atoms with Crippen LogP contribution in [0.1, 0.15) is 22.9 Å². The number of rotatable bonds is 3. The monoisotopic (exact) mass is 303 g/mol. The topological polar surface area (TPSA) is 25.2 Å². The van der Waals surface area contributed by atoms with Crippen molar-refractivity contribution >= 4 is 22.6 Å². The van der Waals surface area contributed by atoms with Crippen LogP contribution in [0.15, 0.2) is 46.9 Å². The maximum Gasteiger partial charge on any atom is 0.141 e. The number of hydrogen-bond donors (Lipinski definition) is 1. The third-order valence-corrected chi connectivity index (χ3v) is 3.90. The zero-order chi connectivity index (χ0) is 15.0. The van der Waals surface area contributed by atoms with Gasteiger partial charge in [0.05, 0.1) is 11.1 Å². The summed E-state index contributed by atoms with van der Waals surface area (Å²) < 4.78 is 19.3. The predicted octanol–water partition coefficient (Wildman–Crippen LogP) is 4.84. The van der Waals surface area contributed by atoms with E-state index in [2.05, 4.69) is 5.32 Å². The van der Waals surface area contributed by atoms with Crippen molar-refractivity contribution in [1.29, 1.82) is 0 Å². The lowest BCUT2D eigenvalue weighted by Gasteiger charge is -2.14. The largest absolute Gasteiger partial charge is 0.459 e.